The van der Waals surface area contributed by atoms with Crippen LogP contribution in [0.2, 0.25) is 0 Å². The van der Waals surface area contributed by atoms with Gasteiger partial charge in [0.05, 0.1) is 11.0 Å². The van der Waals surface area contributed by atoms with Crippen molar-refractivity contribution in [1.29, 1.82) is 0 Å². The molecular formula is C23H22N2. The first kappa shape index (κ1) is 15.8. The number of benzene rings is 2. The molecule has 0 N–H and O–H groups in total. The summed E-state index contributed by atoms with van der Waals surface area (Å²) in [5.74, 6) is 0.433. The number of fused-ring (bicyclic) bond motifs is 2. The Morgan fingerprint density at radius 1 is 0.800 bits per heavy atom. The average Bonchev–Trinajstić information content (AvgIpc) is 2.66. The molecule has 2 nitrogen and oxygen atoms in total. The van der Waals surface area contributed by atoms with Crippen molar-refractivity contribution in [2.45, 2.75) is 33.1 Å². The highest BCUT2D eigenvalue weighted by Crippen LogP contribution is 2.27. The van der Waals surface area contributed by atoms with Crippen LogP contribution < -0.4 is 0 Å². The van der Waals surface area contributed by atoms with Crippen LogP contribution >= 0.6 is 0 Å². The molecular weight excluding hydrogens is 304 g/mol. The molecule has 4 rings (SSSR count). The molecule has 0 spiro atoms. The normalized spacial score (nSPS) is 11.5. The summed E-state index contributed by atoms with van der Waals surface area (Å²) in [6.45, 7) is 6.53. The van der Waals surface area contributed by atoms with Crippen LogP contribution in [0, 0.1) is 0 Å². The van der Waals surface area contributed by atoms with E-state index in [1.807, 2.05) is 6.20 Å². The smallest absolute Gasteiger partial charge is 0.0711 e. The van der Waals surface area contributed by atoms with Crippen LogP contribution in [0.15, 0.2) is 60.8 Å². The maximum atomic E-state index is 4.83. The second-order valence-corrected chi connectivity index (χ2v) is 6.90. The minimum absolute atomic E-state index is 0.433. The molecule has 0 aliphatic carbocycles. The zero-order valence-electron chi connectivity index (χ0n) is 15.0. The maximum absolute atomic E-state index is 4.83. The van der Waals surface area contributed by atoms with Gasteiger partial charge in [0.25, 0.3) is 0 Å². The molecule has 0 radical (unpaired) electrons. The van der Waals surface area contributed by atoms with Gasteiger partial charge >= 0.3 is 0 Å². The SMILES string of the molecule is CCc1ccc2ncc(-c3ccc4ccc(C(C)C)nc4c3)cc2c1. The molecule has 0 saturated heterocycles. The fourth-order valence-corrected chi connectivity index (χ4v) is 3.19. The molecule has 2 heteroatoms. The van der Waals surface area contributed by atoms with Crippen molar-refractivity contribution in [3.63, 3.8) is 0 Å². The predicted molar refractivity (Wildman–Crippen MR) is 106 cm³/mol. The van der Waals surface area contributed by atoms with Crippen LogP contribution in [0.3, 0.4) is 0 Å². The molecule has 0 atom stereocenters. The van der Waals surface area contributed by atoms with Crippen molar-refractivity contribution in [2.24, 2.45) is 0 Å². The monoisotopic (exact) mass is 326 g/mol. The Balaban J connectivity index is 1.83. The number of hydrogen-bond acceptors (Lipinski definition) is 2. The number of nitrogens with zero attached hydrogens (tertiary/aromatic N) is 2. The molecule has 25 heavy (non-hydrogen) atoms. The van der Waals surface area contributed by atoms with Gasteiger partial charge < -0.3 is 0 Å². The fourth-order valence-electron chi connectivity index (χ4n) is 3.19. The highest BCUT2D eigenvalue weighted by Gasteiger charge is 2.06. The Labute approximate surface area is 148 Å². The molecule has 0 unspecified atom stereocenters. The summed E-state index contributed by atoms with van der Waals surface area (Å²) in [5.41, 5.74) is 6.87. The Hall–Kier alpha value is -2.74. The summed E-state index contributed by atoms with van der Waals surface area (Å²) in [4.78, 5) is 9.47. The molecule has 0 amide bonds. The van der Waals surface area contributed by atoms with Crippen molar-refractivity contribution in [3.8, 4) is 11.1 Å². The topological polar surface area (TPSA) is 25.8 Å². The van der Waals surface area contributed by atoms with Gasteiger partial charge in [-0.3, -0.25) is 9.97 Å². The first-order chi connectivity index (χ1) is 12.1. The molecule has 2 aromatic carbocycles. The highest BCUT2D eigenvalue weighted by atomic mass is 14.7. The lowest BCUT2D eigenvalue weighted by atomic mass is 10.0. The lowest BCUT2D eigenvalue weighted by Gasteiger charge is -2.09. The van der Waals surface area contributed by atoms with Gasteiger partial charge in [-0.15, -0.1) is 0 Å². The summed E-state index contributed by atoms with van der Waals surface area (Å²) in [6.07, 6.45) is 3.00. The van der Waals surface area contributed by atoms with Gasteiger partial charge in [-0.2, -0.15) is 0 Å². The van der Waals surface area contributed by atoms with Gasteiger partial charge in [0.15, 0.2) is 0 Å². The molecule has 4 aromatic rings. The number of hydrogen-bond donors (Lipinski definition) is 0. The van der Waals surface area contributed by atoms with E-state index in [1.165, 1.54) is 16.3 Å². The Bertz CT molecular complexity index is 1060. The predicted octanol–water partition coefficient (Wildman–Crippen LogP) is 6.14. The minimum Gasteiger partial charge on any atom is -0.256 e. The van der Waals surface area contributed by atoms with E-state index < -0.39 is 0 Å². The van der Waals surface area contributed by atoms with Gasteiger partial charge in [0, 0.05) is 28.2 Å². The molecule has 124 valence electrons. The van der Waals surface area contributed by atoms with Gasteiger partial charge in [-0.25, -0.2) is 0 Å². The lowest BCUT2D eigenvalue weighted by Crippen LogP contribution is -1.93. The van der Waals surface area contributed by atoms with Crippen molar-refractivity contribution < 1.29 is 0 Å². The van der Waals surface area contributed by atoms with Crippen LogP contribution in [-0.2, 0) is 6.42 Å². The third-order valence-electron chi connectivity index (χ3n) is 4.79. The number of rotatable bonds is 3. The summed E-state index contributed by atoms with van der Waals surface area (Å²) >= 11 is 0. The van der Waals surface area contributed by atoms with Crippen molar-refractivity contribution >= 4 is 21.8 Å². The molecule has 0 saturated carbocycles. The minimum atomic E-state index is 0.433. The first-order valence-electron chi connectivity index (χ1n) is 8.94. The molecule has 2 heterocycles. The van der Waals surface area contributed by atoms with E-state index in [9.17, 15) is 0 Å². The molecule has 2 aromatic heterocycles. The number of aryl methyl sites for hydroxylation is 1. The Morgan fingerprint density at radius 3 is 2.44 bits per heavy atom. The van der Waals surface area contributed by atoms with Crippen LogP contribution in [0.1, 0.15) is 37.9 Å². The van der Waals surface area contributed by atoms with Crippen LogP contribution in [0.4, 0.5) is 0 Å². The second kappa shape index (κ2) is 6.29. The van der Waals surface area contributed by atoms with E-state index >= 15 is 0 Å². The van der Waals surface area contributed by atoms with E-state index in [4.69, 9.17) is 4.98 Å². The largest absolute Gasteiger partial charge is 0.256 e. The Morgan fingerprint density at radius 2 is 1.64 bits per heavy atom. The summed E-state index contributed by atoms with van der Waals surface area (Å²) < 4.78 is 0. The van der Waals surface area contributed by atoms with E-state index in [2.05, 4.69) is 80.4 Å². The summed E-state index contributed by atoms with van der Waals surface area (Å²) in [7, 11) is 0. The van der Waals surface area contributed by atoms with Crippen LogP contribution in [0.5, 0.6) is 0 Å². The lowest BCUT2D eigenvalue weighted by molar-refractivity contribution is 0.830. The third kappa shape index (κ3) is 3.00. The molecule has 0 aliphatic rings. The molecule has 0 aliphatic heterocycles. The van der Waals surface area contributed by atoms with Crippen LogP contribution in [-0.4, -0.2) is 9.97 Å². The number of pyridine rings is 2. The van der Waals surface area contributed by atoms with Gasteiger partial charge in [0.2, 0.25) is 0 Å². The average molecular weight is 326 g/mol. The maximum Gasteiger partial charge on any atom is 0.0711 e. The highest BCUT2D eigenvalue weighted by molar-refractivity contribution is 5.88. The first-order valence-corrected chi connectivity index (χ1v) is 8.94. The zero-order chi connectivity index (χ0) is 17.4. The van der Waals surface area contributed by atoms with E-state index in [-0.39, 0.29) is 0 Å². The quantitative estimate of drug-likeness (QED) is 0.452. The van der Waals surface area contributed by atoms with Crippen molar-refractivity contribution in [1.82, 2.24) is 9.97 Å². The van der Waals surface area contributed by atoms with E-state index in [0.29, 0.717) is 5.92 Å². The standard InChI is InChI=1S/C23H22N2/c1-4-16-5-9-22-19(11-16)12-20(14-24-22)18-7-6-17-8-10-21(15(2)3)25-23(17)13-18/h5-15H,4H2,1-3H3. The fraction of sp³-hybridized carbons (Fsp3) is 0.217. The second-order valence-electron chi connectivity index (χ2n) is 6.90. The summed E-state index contributed by atoms with van der Waals surface area (Å²) in [6, 6.07) is 19.5. The third-order valence-corrected chi connectivity index (χ3v) is 4.79. The zero-order valence-corrected chi connectivity index (χ0v) is 15.0. The molecule has 0 fully saturated rings. The van der Waals surface area contributed by atoms with Crippen molar-refractivity contribution in [3.05, 3.63) is 72.1 Å². The van der Waals surface area contributed by atoms with E-state index in [1.54, 1.807) is 0 Å². The van der Waals surface area contributed by atoms with Gasteiger partial charge in [0.1, 0.15) is 0 Å². The number of aromatic nitrogens is 2. The van der Waals surface area contributed by atoms with Crippen molar-refractivity contribution in [2.75, 3.05) is 0 Å². The van der Waals surface area contributed by atoms with Gasteiger partial charge in [-0.1, -0.05) is 45.0 Å². The van der Waals surface area contributed by atoms with Gasteiger partial charge in [-0.05, 0) is 53.8 Å². The van der Waals surface area contributed by atoms with Crippen LogP contribution in [0.25, 0.3) is 32.9 Å². The molecule has 0 bridgehead atoms. The Kier molecular flexibility index (Phi) is 3.96. The summed E-state index contributed by atoms with van der Waals surface area (Å²) in [5, 5.41) is 2.37. The van der Waals surface area contributed by atoms with E-state index in [0.717, 1.165) is 34.3 Å².